The number of aryl methyl sites for hydroxylation is 1. The molecule has 2 rings (SSSR count). The zero-order valence-corrected chi connectivity index (χ0v) is 11.9. The summed E-state index contributed by atoms with van der Waals surface area (Å²) in [5.74, 6) is -0.315. The SMILES string of the molecule is CCOC(=O)/C=C/c1cn(C)c2ccc(Br)cc12. The van der Waals surface area contributed by atoms with Gasteiger partial charge in [-0.25, -0.2) is 4.79 Å². The van der Waals surface area contributed by atoms with Crippen molar-refractivity contribution in [1.29, 1.82) is 0 Å². The highest BCUT2D eigenvalue weighted by molar-refractivity contribution is 9.10. The molecule has 2 aromatic rings. The van der Waals surface area contributed by atoms with E-state index in [1.807, 2.05) is 36.0 Å². The molecule has 0 aliphatic heterocycles. The van der Waals surface area contributed by atoms with Gasteiger partial charge in [-0.1, -0.05) is 15.9 Å². The second-order valence-electron chi connectivity index (χ2n) is 3.94. The number of fused-ring (bicyclic) bond motifs is 1. The van der Waals surface area contributed by atoms with E-state index in [0.717, 1.165) is 20.9 Å². The fraction of sp³-hybridized carbons (Fsp3) is 0.214. The van der Waals surface area contributed by atoms with Gasteiger partial charge in [0.25, 0.3) is 0 Å². The number of hydrogen-bond donors (Lipinski definition) is 0. The van der Waals surface area contributed by atoms with Gasteiger partial charge in [-0.3, -0.25) is 0 Å². The lowest BCUT2D eigenvalue weighted by atomic mass is 10.1. The lowest BCUT2D eigenvalue weighted by Gasteiger charge is -1.96. The van der Waals surface area contributed by atoms with E-state index in [4.69, 9.17) is 4.74 Å². The first-order valence-corrected chi connectivity index (χ1v) is 6.50. The summed E-state index contributed by atoms with van der Waals surface area (Å²) in [5.41, 5.74) is 2.13. The zero-order valence-electron chi connectivity index (χ0n) is 10.3. The Bertz CT molecular complexity index is 614. The van der Waals surface area contributed by atoms with Crippen LogP contribution in [0.25, 0.3) is 17.0 Å². The van der Waals surface area contributed by atoms with Gasteiger partial charge in [-0.05, 0) is 31.2 Å². The highest BCUT2D eigenvalue weighted by atomic mass is 79.9. The largest absolute Gasteiger partial charge is 0.463 e. The van der Waals surface area contributed by atoms with Crippen molar-refractivity contribution in [3.63, 3.8) is 0 Å². The third-order valence-electron chi connectivity index (χ3n) is 2.67. The molecule has 0 aliphatic rings. The Morgan fingerprint density at radius 2 is 2.28 bits per heavy atom. The average molecular weight is 308 g/mol. The van der Waals surface area contributed by atoms with E-state index in [2.05, 4.69) is 15.9 Å². The molecular formula is C14H14BrNO2. The van der Waals surface area contributed by atoms with Crippen LogP contribution in [0.2, 0.25) is 0 Å². The fourth-order valence-corrected chi connectivity index (χ4v) is 2.24. The molecule has 1 aromatic carbocycles. The Kier molecular flexibility index (Phi) is 3.87. The third-order valence-corrected chi connectivity index (χ3v) is 3.16. The number of ether oxygens (including phenoxy) is 1. The van der Waals surface area contributed by atoms with Gasteiger partial charge >= 0.3 is 5.97 Å². The summed E-state index contributed by atoms with van der Waals surface area (Å²) in [7, 11) is 1.98. The van der Waals surface area contributed by atoms with Crippen LogP contribution in [0.3, 0.4) is 0 Å². The third kappa shape index (κ3) is 2.64. The van der Waals surface area contributed by atoms with Crippen LogP contribution in [0.4, 0.5) is 0 Å². The van der Waals surface area contributed by atoms with Gasteiger partial charge in [0.1, 0.15) is 0 Å². The molecule has 0 N–H and O–H groups in total. The van der Waals surface area contributed by atoms with Crippen molar-refractivity contribution < 1.29 is 9.53 Å². The molecule has 94 valence electrons. The van der Waals surface area contributed by atoms with Crippen LogP contribution < -0.4 is 0 Å². The Morgan fingerprint density at radius 3 is 3.00 bits per heavy atom. The van der Waals surface area contributed by atoms with Gasteiger partial charge in [0.05, 0.1) is 6.61 Å². The van der Waals surface area contributed by atoms with E-state index in [1.54, 1.807) is 13.0 Å². The van der Waals surface area contributed by atoms with Crippen LogP contribution in [-0.4, -0.2) is 17.1 Å². The van der Waals surface area contributed by atoms with E-state index < -0.39 is 0 Å². The van der Waals surface area contributed by atoms with Crippen molar-refractivity contribution >= 4 is 38.9 Å². The van der Waals surface area contributed by atoms with Crippen LogP contribution in [0.5, 0.6) is 0 Å². The lowest BCUT2D eigenvalue weighted by molar-refractivity contribution is -0.137. The normalized spacial score (nSPS) is 11.3. The van der Waals surface area contributed by atoms with Crippen molar-refractivity contribution in [3.8, 4) is 0 Å². The van der Waals surface area contributed by atoms with Crippen molar-refractivity contribution in [1.82, 2.24) is 4.57 Å². The monoisotopic (exact) mass is 307 g/mol. The summed E-state index contributed by atoms with van der Waals surface area (Å²) in [5, 5.41) is 1.10. The minimum Gasteiger partial charge on any atom is -0.463 e. The molecule has 0 atom stereocenters. The predicted octanol–water partition coefficient (Wildman–Crippen LogP) is 3.52. The summed E-state index contributed by atoms with van der Waals surface area (Å²) < 4.78 is 7.92. The van der Waals surface area contributed by atoms with Gasteiger partial charge in [0, 0.05) is 40.3 Å². The molecule has 18 heavy (non-hydrogen) atoms. The Balaban J connectivity index is 2.39. The van der Waals surface area contributed by atoms with Crippen LogP contribution in [0, 0.1) is 0 Å². The smallest absolute Gasteiger partial charge is 0.330 e. The molecule has 0 spiro atoms. The second-order valence-corrected chi connectivity index (χ2v) is 4.86. The maximum atomic E-state index is 11.3. The molecule has 0 unspecified atom stereocenters. The van der Waals surface area contributed by atoms with Gasteiger partial charge in [0.2, 0.25) is 0 Å². The molecule has 0 radical (unpaired) electrons. The quantitative estimate of drug-likeness (QED) is 0.642. The number of esters is 1. The van der Waals surface area contributed by atoms with Gasteiger partial charge < -0.3 is 9.30 Å². The summed E-state index contributed by atoms with van der Waals surface area (Å²) >= 11 is 3.46. The number of carbonyl (C=O) groups excluding carboxylic acids is 1. The molecule has 0 amide bonds. The maximum Gasteiger partial charge on any atom is 0.330 e. The molecule has 1 aromatic heterocycles. The number of rotatable bonds is 3. The summed E-state index contributed by atoms with van der Waals surface area (Å²) in [6.45, 7) is 2.19. The molecule has 0 aliphatic carbocycles. The van der Waals surface area contributed by atoms with Gasteiger partial charge in [-0.2, -0.15) is 0 Å². The number of halogens is 1. The van der Waals surface area contributed by atoms with Crippen LogP contribution in [-0.2, 0) is 16.6 Å². The van der Waals surface area contributed by atoms with Crippen molar-refractivity contribution in [2.24, 2.45) is 7.05 Å². The van der Waals surface area contributed by atoms with Crippen LogP contribution in [0.1, 0.15) is 12.5 Å². The maximum absolute atomic E-state index is 11.3. The van der Waals surface area contributed by atoms with E-state index in [1.165, 1.54) is 6.08 Å². The topological polar surface area (TPSA) is 31.2 Å². The van der Waals surface area contributed by atoms with Crippen LogP contribution >= 0.6 is 15.9 Å². The first-order chi connectivity index (χ1) is 8.61. The molecule has 0 saturated heterocycles. The zero-order chi connectivity index (χ0) is 13.1. The van der Waals surface area contributed by atoms with Gasteiger partial charge in [0.15, 0.2) is 0 Å². The molecule has 4 heteroatoms. The highest BCUT2D eigenvalue weighted by Gasteiger charge is 2.05. The standard InChI is InChI=1S/C14H14BrNO2/c1-3-18-14(17)7-4-10-9-16(2)13-6-5-11(15)8-12(10)13/h4-9H,3H2,1-2H3/b7-4+. The van der Waals surface area contributed by atoms with E-state index >= 15 is 0 Å². The van der Waals surface area contributed by atoms with Crippen LogP contribution in [0.15, 0.2) is 34.9 Å². The molecular weight excluding hydrogens is 294 g/mol. The molecule has 0 fully saturated rings. The number of nitrogens with zero attached hydrogens (tertiary/aromatic N) is 1. The lowest BCUT2D eigenvalue weighted by Crippen LogP contribution is -1.98. The minimum atomic E-state index is -0.315. The number of benzene rings is 1. The number of hydrogen-bond acceptors (Lipinski definition) is 2. The highest BCUT2D eigenvalue weighted by Crippen LogP contribution is 2.25. The van der Waals surface area contributed by atoms with Crippen molar-refractivity contribution in [2.45, 2.75) is 6.92 Å². The number of aromatic nitrogens is 1. The average Bonchev–Trinajstić information content (AvgIpc) is 2.63. The fourth-order valence-electron chi connectivity index (χ4n) is 1.88. The Labute approximate surface area is 114 Å². The van der Waals surface area contributed by atoms with E-state index in [0.29, 0.717) is 6.61 Å². The van der Waals surface area contributed by atoms with E-state index in [-0.39, 0.29) is 5.97 Å². The minimum absolute atomic E-state index is 0.315. The molecule has 1 heterocycles. The Morgan fingerprint density at radius 1 is 1.50 bits per heavy atom. The summed E-state index contributed by atoms with van der Waals surface area (Å²) in [4.78, 5) is 11.3. The van der Waals surface area contributed by atoms with E-state index in [9.17, 15) is 4.79 Å². The Hall–Kier alpha value is -1.55. The predicted molar refractivity (Wildman–Crippen MR) is 76.3 cm³/mol. The summed E-state index contributed by atoms with van der Waals surface area (Å²) in [6.07, 6.45) is 5.23. The molecule has 3 nitrogen and oxygen atoms in total. The van der Waals surface area contributed by atoms with Gasteiger partial charge in [-0.15, -0.1) is 0 Å². The number of carbonyl (C=O) groups is 1. The van der Waals surface area contributed by atoms with Crippen molar-refractivity contribution in [2.75, 3.05) is 6.61 Å². The van der Waals surface area contributed by atoms with Crippen molar-refractivity contribution in [3.05, 3.63) is 40.5 Å². The summed E-state index contributed by atoms with van der Waals surface area (Å²) in [6, 6.07) is 6.09. The second kappa shape index (κ2) is 5.40. The molecule has 0 saturated carbocycles. The first kappa shape index (κ1) is 12.9. The first-order valence-electron chi connectivity index (χ1n) is 5.71. The molecule has 0 bridgehead atoms.